The van der Waals surface area contributed by atoms with E-state index in [1.807, 2.05) is 30.3 Å². The number of hydrogen-bond donors (Lipinski definition) is 1. The molecule has 0 aliphatic carbocycles. The third kappa shape index (κ3) is 4.54. The van der Waals surface area contributed by atoms with Crippen LogP contribution in [0, 0.1) is 0 Å². The van der Waals surface area contributed by atoms with E-state index < -0.39 is 5.97 Å². The third-order valence-corrected chi connectivity index (χ3v) is 3.67. The normalized spacial score (nSPS) is 10.2. The highest BCUT2D eigenvalue weighted by molar-refractivity contribution is 5.90. The van der Waals surface area contributed by atoms with Crippen molar-refractivity contribution in [1.82, 2.24) is 0 Å². The summed E-state index contributed by atoms with van der Waals surface area (Å²) in [4.78, 5) is 11.9. The maximum atomic E-state index is 11.9. The molecule has 0 amide bonds. The molecule has 0 aromatic heterocycles. The number of anilines is 1. The molecule has 3 aromatic rings. The highest BCUT2D eigenvalue weighted by Gasteiger charge is 2.11. The first kappa shape index (κ1) is 17.4. The van der Waals surface area contributed by atoms with Gasteiger partial charge in [0.25, 0.3) is 0 Å². The fourth-order valence-corrected chi connectivity index (χ4v) is 2.36. The molecule has 0 aliphatic heterocycles. The first-order chi connectivity index (χ1) is 12.6. The minimum atomic E-state index is -0.461. The molecule has 0 saturated heterocycles. The zero-order chi connectivity index (χ0) is 18.4. The van der Waals surface area contributed by atoms with Crippen LogP contribution in [0.5, 0.6) is 17.2 Å². The van der Waals surface area contributed by atoms with Crippen LogP contribution in [0.4, 0.5) is 5.69 Å². The fourth-order valence-electron chi connectivity index (χ4n) is 2.36. The van der Waals surface area contributed by atoms with Crippen molar-refractivity contribution in [2.45, 2.75) is 6.61 Å². The lowest BCUT2D eigenvalue weighted by Crippen LogP contribution is -2.03. The van der Waals surface area contributed by atoms with Gasteiger partial charge in [0.15, 0.2) is 0 Å². The number of esters is 1. The Hall–Kier alpha value is -3.47. The van der Waals surface area contributed by atoms with Gasteiger partial charge in [-0.25, -0.2) is 4.79 Å². The second-order valence-electron chi connectivity index (χ2n) is 5.63. The Morgan fingerprint density at radius 1 is 0.885 bits per heavy atom. The van der Waals surface area contributed by atoms with Gasteiger partial charge in [0.2, 0.25) is 0 Å². The van der Waals surface area contributed by atoms with E-state index in [1.165, 1.54) is 7.11 Å². The van der Waals surface area contributed by atoms with Crippen molar-refractivity contribution >= 4 is 11.7 Å². The van der Waals surface area contributed by atoms with Crippen molar-refractivity contribution in [3.8, 4) is 17.2 Å². The highest BCUT2D eigenvalue weighted by Crippen LogP contribution is 2.29. The summed E-state index contributed by atoms with van der Waals surface area (Å²) in [6, 6.07) is 21.7. The van der Waals surface area contributed by atoms with Gasteiger partial charge >= 0.3 is 5.97 Å². The molecule has 0 saturated carbocycles. The summed E-state index contributed by atoms with van der Waals surface area (Å²) in [6.45, 7) is 0.382. The van der Waals surface area contributed by atoms with Gasteiger partial charge < -0.3 is 19.9 Å². The summed E-state index contributed by atoms with van der Waals surface area (Å²) >= 11 is 0. The number of methoxy groups -OCH3 is 1. The Morgan fingerprint density at radius 3 is 2.27 bits per heavy atom. The van der Waals surface area contributed by atoms with Crippen LogP contribution in [0.15, 0.2) is 72.8 Å². The third-order valence-electron chi connectivity index (χ3n) is 3.67. The lowest BCUT2D eigenvalue weighted by Gasteiger charge is -2.12. The quantitative estimate of drug-likeness (QED) is 0.527. The van der Waals surface area contributed by atoms with E-state index in [-0.39, 0.29) is 0 Å². The summed E-state index contributed by atoms with van der Waals surface area (Å²) < 4.78 is 16.4. The predicted octanol–water partition coefficient (Wildman–Crippen LogP) is 4.43. The first-order valence-electron chi connectivity index (χ1n) is 8.07. The van der Waals surface area contributed by atoms with Crippen molar-refractivity contribution < 1.29 is 19.0 Å². The monoisotopic (exact) mass is 349 g/mol. The second kappa shape index (κ2) is 8.07. The van der Waals surface area contributed by atoms with Crippen LogP contribution in [-0.2, 0) is 11.3 Å². The second-order valence-corrected chi connectivity index (χ2v) is 5.63. The zero-order valence-electron chi connectivity index (χ0n) is 14.3. The molecular formula is C21H19NO4. The van der Waals surface area contributed by atoms with E-state index >= 15 is 0 Å². The van der Waals surface area contributed by atoms with Crippen molar-refractivity contribution in [3.05, 3.63) is 83.9 Å². The van der Waals surface area contributed by atoms with Crippen molar-refractivity contribution in [2.24, 2.45) is 0 Å². The van der Waals surface area contributed by atoms with Crippen LogP contribution >= 0.6 is 0 Å². The summed E-state index contributed by atoms with van der Waals surface area (Å²) in [5, 5.41) is 0. The van der Waals surface area contributed by atoms with Crippen molar-refractivity contribution in [2.75, 3.05) is 12.8 Å². The molecular weight excluding hydrogens is 330 g/mol. The van der Waals surface area contributed by atoms with Gasteiger partial charge in [0, 0.05) is 11.8 Å². The van der Waals surface area contributed by atoms with E-state index in [0.717, 1.165) is 5.56 Å². The van der Waals surface area contributed by atoms with E-state index in [2.05, 4.69) is 0 Å². The lowest BCUT2D eigenvalue weighted by atomic mass is 10.2. The smallest absolute Gasteiger partial charge is 0.338 e. The lowest BCUT2D eigenvalue weighted by molar-refractivity contribution is 0.0600. The molecule has 132 valence electrons. The van der Waals surface area contributed by atoms with Crippen molar-refractivity contribution in [3.63, 3.8) is 0 Å². The molecule has 0 heterocycles. The number of nitrogen functional groups attached to an aromatic ring is 1. The number of hydrogen-bond acceptors (Lipinski definition) is 5. The van der Waals surface area contributed by atoms with E-state index in [9.17, 15) is 4.79 Å². The topological polar surface area (TPSA) is 70.8 Å². The van der Waals surface area contributed by atoms with Crippen LogP contribution in [0.1, 0.15) is 15.9 Å². The molecule has 3 aromatic carbocycles. The summed E-state index contributed by atoms with van der Waals surface area (Å²) in [6.07, 6.45) is 0. The molecule has 5 heteroatoms. The Morgan fingerprint density at radius 2 is 1.58 bits per heavy atom. The Kier molecular flexibility index (Phi) is 5.39. The minimum Gasteiger partial charge on any atom is -0.489 e. The zero-order valence-corrected chi connectivity index (χ0v) is 14.3. The number of ether oxygens (including phenoxy) is 3. The number of carbonyl (C=O) groups excluding carboxylic acids is 1. The SMILES string of the molecule is COC(=O)c1cc(OCc2ccccc2)cc(Oc2ccc(N)cc2)c1. The molecule has 0 atom stereocenters. The molecule has 5 nitrogen and oxygen atoms in total. The van der Waals surface area contributed by atoms with Gasteiger partial charge in [-0.1, -0.05) is 30.3 Å². The summed E-state index contributed by atoms with van der Waals surface area (Å²) in [5.41, 5.74) is 7.71. The van der Waals surface area contributed by atoms with Crippen LogP contribution in [0.25, 0.3) is 0 Å². The largest absolute Gasteiger partial charge is 0.489 e. The van der Waals surface area contributed by atoms with Crippen LogP contribution in [0.2, 0.25) is 0 Å². The minimum absolute atomic E-state index is 0.350. The average Bonchev–Trinajstić information content (AvgIpc) is 2.68. The molecule has 0 radical (unpaired) electrons. The van der Waals surface area contributed by atoms with Gasteiger partial charge in [0.1, 0.15) is 23.9 Å². The maximum Gasteiger partial charge on any atom is 0.338 e. The van der Waals surface area contributed by atoms with Gasteiger partial charge in [-0.05, 0) is 42.0 Å². The van der Waals surface area contributed by atoms with Crippen LogP contribution in [-0.4, -0.2) is 13.1 Å². The summed E-state index contributed by atoms with van der Waals surface area (Å²) in [7, 11) is 1.33. The van der Waals surface area contributed by atoms with Gasteiger partial charge in [-0.15, -0.1) is 0 Å². The van der Waals surface area contributed by atoms with Crippen LogP contribution in [0.3, 0.4) is 0 Å². The van der Waals surface area contributed by atoms with Gasteiger partial charge in [-0.2, -0.15) is 0 Å². The molecule has 3 rings (SSSR count). The summed E-state index contributed by atoms with van der Waals surface area (Å²) in [5.74, 6) is 1.13. The number of rotatable bonds is 6. The number of nitrogens with two attached hydrogens (primary N) is 1. The maximum absolute atomic E-state index is 11.9. The Labute approximate surface area is 151 Å². The van der Waals surface area contributed by atoms with E-state index in [1.54, 1.807) is 42.5 Å². The molecule has 0 unspecified atom stereocenters. The highest BCUT2D eigenvalue weighted by atomic mass is 16.5. The molecule has 26 heavy (non-hydrogen) atoms. The predicted molar refractivity (Wildman–Crippen MR) is 99.5 cm³/mol. The van der Waals surface area contributed by atoms with Gasteiger partial charge in [0.05, 0.1) is 12.7 Å². The molecule has 2 N–H and O–H groups in total. The van der Waals surface area contributed by atoms with Crippen molar-refractivity contribution in [1.29, 1.82) is 0 Å². The molecule has 0 bridgehead atoms. The average molecular weight is 349 g/mol. The molecule has 0 aliphatic rings. The number of benzene rings is 3. The van der Waals surface area contributed by atoms with Gasteiger partial charge in [-0.3, -0.25) is 0 Å². The van der Waals surface area contributed by atoms with E-state index in [0.29, 0.717) is 35.1 Å². The molecule has 0 fully saturated rings. The first-order valence-corrected chi connectivity index (χ1v) is 8.07. The van der Waals surface area contributed by atoms with Crippen LogP contribution < -0.4 is 15.2 Å². The molecule has 0 spiro atoms. The Bertz CT molecular complexity index is 876. The van der Waals surface area contributed by atoms with E-state index in [4.69, 9.17) is 19.9 Å². The standard InChI is InChI=1S/C21H19NO4/c1-24-21(23)16-11-19(25-14-15-5-3-2-4-6-15)13-20(12-16)26-18-9-7-17(22)8-10-18/h2-13H,14,22H2,1H3. The number of carbonyl (C=O) groups is 1. The Balaban J connectivity index is 1.83. The fraction of sp³-hybridized carbons (Fsp3) is 0.0952.